The molecule has 1 N–H and O–H groups in total. The molecule has 2 heterocycles. The Balaban J connectivity index is 1.63. The molecule has 0 radical (unpaired) electrons. The zero-order valence-electron chi connectivity index (χ0n) is 12.6. The molecule has 2 aliphatic rings. The fraction of sp³-hybridized carbons (Fsp3) is 0.647. The molecule has 2 saturated heterocycles. The predicted molar refractivity (Wildman–Crippen MR) is 81.8 cm³/mol. The molecule has 110 valence electrons. The van der Waals surface area contributed by atoms with Crippen molar-refractivity contribution >= 4 is 0 Å². The van der Waals surface area contributed by atoms with Crippen molar-refractivity contribution in [1.29, 1.82) is 0 Å². The number of nitrogens with zero attached hydrogens (tertiary/aromatic N) is 2. The van der Waals surface area contributed by atoms with Gasteiger partial charge in [0.15, 0.2) is 0 Å². The van der Waals surface area contributed by atoms with Crippen LogP contribution in [0.3, 0.4) is 0 Å². The van der Waals surface area contributed by atoms with E-state index in [1.165, 1.54) is 24.9 Å². The molecule has 0 bridgehead atoms. The van der Waals surface area contributed by atoms with Crippen LogP contribution in [0.5, 0.6) is 0 Å². The first kappa shape index (κ1) is 14.1. The molecule has 0 aromatic heterocycles. The highest BCUT2D eigenvalue weighted by molar-refractivity contribution is 5.23. The second-order valence-corrected chi connectivity index (χ2v) is 6.52. The largest absolute Gasteiger partial charge is 0.387 e. The maximum atomic E-state index is 10.5. The summed E-state index contributed by atoms with van der Waals surface area (Å²) < 4.78 is 0. The number of hydrogen-bond acceptors (Lipinski definition) is 3. The van der Waals surface area contributed by atoms with Crippen molar-refractivity contribution in [2.75, 3.05) is 26.2 Å². The first-order valence-electron chi connectivity index (χ1n) is 7.86. The van der Waals surface area contributed by atoms with E-state index in [2.05, 4.69) is 47.9 Å². The molecule has 0 amide bonds. The Kier molecular flexibility index (Phi) is 4.11. The monoisotopic (exact) mass is 274 g/mol. The van der Waals surface area contributed by atoms with Crippen molar-refractivity contribution in [1.82, 2.24) is 9.80 Å². The molecule has 2 fully saturated rings. The Morgan fingerprint density at radius 1 is 1.25 bits per heavy atom. The van der Waals surface area contributed by atoms with Crippen LogP contribution in [0.4, 0.5) is 0 Å². The second kappa shape index (κ2) is 5.84. The van der Waals surface area contributed by atoms with Crippen molar-refractivity contribution in [2.24, 2.45) is 0 Å². The van der Waals surface area contributed by atoms with Crippen LogP contribution in [0.15, 0.2) is 24.3 Å². The van der Waals surface area contributed by atoms with Gasteiger partial charge in [-0.1, -0.05) is 29.8 Å². The minimum atomic E-state index is -0.369. The highest BCUT2D eigenvalue weighted by Crippen LogP contribution is 2.26. The van der Waals surface area contributed by atoms with Crippen LogP contribution in [-0.4, -0.2) is 53.2 Å². The van der Waals surface area contributed by atoms with Crippen molar-refractivity contribution < 1.29 is 5.11 Å². The van der Waals surface area contributed by atoms with Crippen molar-refractivity contribution in [2.45, 2.75) is 44.9 Å². The average molecular weight is 274 g/mol. The number of aliphatic hydroxyl groups excluding tert-OH is 1. The minimum absolute atomic E-state index is 0.369. The van der Waals surface area contributed by atoms with Crippen molar-refractivity contribution in [3.63, 3.8) is 0 Å². The number of aliphatic hydroxyl groups is 1. The van der Waals surface area contributed by atoms with Crippen LogP contribution >= 0.6 is 0 Å². The summed E-state index contributed by atoms with van der Waals surface area (Å²) in [5.41, 5.74) is 2.28. The van der Waals surface area contributed by atoms with Crippen LogP contribution in [0.1, 0.15) is 37.0 Å². The van der Waals surface area contributed by atoms with E-state index in [0.29, 0.717) is 6.04 Å². The van der Waals surface area contributed by atoms with Crippen LogP contribution in [0.2, 0.25) is 0 Å². The molecule has 0 aliphatic carbocycles. The standard InChI is InChI=1S/C17H26N2O/c1-13-5-7-15(8-6-13)17(20)12-19-11-16-4-3-9-18(16)10-14(19)2/h5-8,14,16-17,20H,3-4,9-12H2,1-2H3. The maximum Gasteiger partial charge on any atom is 0.0917 e. The van der Waals surface area contributed by atoms with E-state index in [4.69, 9.17) is 0 Å². The summed E-state index contributed by atoms with van der Waals surface area (Å²) in [6.07, 6.45) is 2.29. The summed E-state index contributed by atoms with van der Waals surface area (Å²) in [7, 11) is 0. The Morgan fingerprint density at radius 3 is 2.75 bits per heavy atom. The van der Waals surface area contributed by atoms with Gasteiger partial charge in [0.2, 0.25) is 0 Å². The van der Waals surface area contributed by atoms with Gasteiger partial charge >= 0.3 is 0 Å². The van der Waals surface area contributed by atoms with Gasteiger partial charge < -0.3 is 5.11 Å². The van der Waals surface area contributed by atoms with E-state index in [0.717, 1.165) is 31.2 Å². The summed E-state index contributed by atoms with van der Waals surface area (Å²) in [5, 5.41) is 10.5. The van der Waals surface area contributed by atoms with E-state index < -0.39 is 0 Å². The van der Waals surface area contributed by atoms with Gasteiger partial charge in [-0.2, -0.15) is 0 Å². The molecule has 2 aliphatic heterocycles. The molecular formula is C17H26N2O. The summed E-state index contributed by atoms with van der Waals surface area (Å²) in [6, 6.07) is 9.53. The third-order valence-corrected chi connectivity index (χ3v) is 4.94. The summed E-state index contributed by atoms with van der Waals surface area (Å²) in [4.78, 5) is 5.09. The number of piperazine rings is 1. The number of fused-ring (bicyclic) bond motifs is 1. The molecular weight excluding hydrogens is 248 g/mol. The topological polar surface area (TPSA) is 26.7 Å². The van der Waals surface area contributed by atoms with Gasteiger partial charge in [0, 0.05) is 31.7 Å². The van der Waals surface area contributed by atoms with Gasteiger partial charge in [-0.05, 0) is 38.8 Å². The Hall–Kier alpha value is -0.900. The van der Waals surface area contributed by atoms with Crippen molar-refractivity contribution in [3.05, 3.63) is 35.4 Å². The normalized spacial score (nSPS) is 29.4. The lowest BCUT2D eigenvalue weighted by molar-refractivity contribution is 0.0226. The SMILES string of the molecule is Cc1ccc(C(O)CN2CC3CCCN3CC2C)cc1. The van der Waals surface area contributed by atoms with E-state index in [1.54, 1.807) is 0 Å². The zero-order valence-corrected chi connectivity index (χ0v) is 12.6. The van der Waals surface area contributed by atoms with Gasteiger partial charge in [0.25, 0.3) is 0 Å². The van der Waals surface area contributed by atoms with Crippen LogP contribution < -0.4 is 0 Å². The predicted octanol–water partition coefficient (Wildman–Crippen LogP) is 2.20. The van der Waals surface area contributed by atoms with Crippen LogP contribution in [0.25, 0.3) is 0 Å². The third kappa shape index (κ3) is 2.90. The van der Waals surface area contributed by atoms with Gasteiger partial charge in [-0.25, -0.2) is 0 Å². The van der Waals surface area contributed by atoms with Gasteiger partial charge in [0.05, 0.1) is 6.10 Å². The molecule has 3 nitrogen and oxygen atoms in total. The maximum absolute atomic E-state index is 10.5. The quantitative estimate of drug-likeness (QED) is 0.915. The Morgan fingerprint density at radius 2 is 2.00 bits per heavy atom. The minimum Gasteiger partial charge on any atom is -0.387 e. The van der Waals surface area contributed by atoms with Gasteiger partial charge in [-0.3, -0.25) is 9.80 Å². The smallest absolute Gasteiger partial charge is 0.0917 e. The highest BCUT2D eigenvalue weighted by Gasteiger charge is 2.34. The molecule has 20 heavy (non-hydrogen) atoms. The number of benzene rings is 1. The second-order valence-electron chi connectivity index (χ2n) is 6.52. The number of hydrogen-bond donors (Lipinski definition) is 1. The van der Waals surface area contributed by atoms with Crippen LogP contribution in [0, 0.1) is 6.92 Å². The summed E-state index contributed by atoms with van der Waals surface area (Å²) >= 11 is 0. The molecule has 3 unspecified atom stereocenters. The Bertz CT molecular complexity index is 445. The van der Waals surface area contributed by atoms with Gasteiger partial charge in [0.1, 0.15) is 0 Å². The molecule has 1 aromatic carbocycles. The third-order valence-electron chi connectivity index (χ3n) is 4.94. The molecule has 0 saturated carbocycles. The van der Waals surface area contributed by atoms with Crippen molar-refractivity contribution in [3.8, 4) is 0 Å². The molecule has 1 aromatic rings. The number of rotatable bonds is 3. The van der Waals surface area contributed by atoms with E-state index in [9.17, 15) is 5.11 Å². The van der Waals surface area contributed by atoms with Crippen LogP contribution in [-0.2, 0) is 0 Å². The lowest BCUT2D eigenvalue weighted by Crippen LogP contribution is -2.55. The molecule has 3 atom stereocenters. The van der Waals surface area contributed by atoms with E-state index >= 15 is 0 Å². The fourth-order valence-electron chi connectivity index (χ4n) is 3.62. The first-order valence-corrected chi connectivity index (χ1v) is 7.86. The van der Waals surface area contributed by atoms with E-state index in [-0.39, 0.29) is 6.10 Å². The number of β-amino-alcohol motifs (C(OH)–C–C–N with tert-alkyl or cyclic N) is 1. The number of aryl methyl sites for hydroxylation is 1. The lowest BCUT2D eigenvalue weighted by atomic mass is 10.0. The van der Waals surface area contributed by atoms with E-state index in [1.807, 2.05) is 0 Å². The zero-order chi connectivity index (χ0) is 14.1. The van der Waals surface area contributed by atoms with Gasteiger partial charge in [-0.15, -0.1) is 0 Å². The molecule has 3 heteroatoms. The lowest BCUT2D eigenvalue weighted by Gasteiger charge is -2.43. The summed E-state index contributed by atoms with van der Waals surface area (Å²) in [6.45, 7) is 8.67. The summed E-state index contributed by atoms with van der Waals surface area (Å²) in [5.74, 6) is 0. The highest BCUT2D eigenvalue weighted by atomic mass is 16.3. The molecule has 0 spiro atoms. The molecule has 3 rings (SSSR count). The fourth-order valence-corrected chi connectivity index (χ4v) is 3.62. The first-order chi connectivity index (χ1) is 9.63. The Labute approximate surface area is 122 Å². The average Bonchev–Trinajstić information content (AvgIpc) is 2.87.